The van der Waals surface area contributed by atoms with E-state index in [1.54, 1.807) is 0 Å². The van der Waals surface area contributed by atoms with E-state index in [1.807, 2.05) is 0 Å². The molecule has 184 valence electrons. The number of aryl methyl sites for hydroxylation is 1. The first-order chi connectivity index (χ1) is 19.3. The van der Waals surface area contributed by atoms with Gasteiger partial charge >= 0.3 is 0 Å². The van der Waals surface area contributed by atoms with Crippen molar-refractivity contribution < 1.29 is 0 Å². The molecule has 0 radical (unpaired) electrons. The molecule has 0 saturated carbocycles. The summed E-state index contributed by atoms with van der Waals surface area (Å²) in [4.78, 5) is 0. The van der Waals surface area contributed by atoms with Crippen molar-refractivity contribution >= 4 is 43.6 Å². The predicted octanol–water partition coefficient (Wildman–Crippen LogP) is 9.76. The van der Waals surface area contributed by atoms with Crippen LogP contribution in [-0.4, -0.2) is 9.13 Å². The maximum Gasteiger partial charge on any atom is 0.0541 e. The molecule has 2 aromatic heterocycles. The van der Waals surface area contributed by atoms with Gasteiger partial charge < -0.3 is 9.13 Å². The lowest BCUT2D eigenvalue weighted by Crippen LogP contribution is -1.94. The summed E-state index contributed by atoms with van der Waals surface area (Å²) in [6.07, 6.45) is 0. The van der Waals surface area contributed by atoms with Crippen LogP contribution in [0.15, 0.2) is 140 Å². The summed E-state index contributed by atoms with van der Waals surface area (Å²) in [5.41, 5.74) is 11.1. The van der Waals surface area contributed by atoms with Gasteiger partial charge in [0.2, 0.25) is 0 Å². The van der Waals surface area contributed by atoms with Crippen LogP contribution in [-0.2, 0) is 7.05 Å². The molecule has 0 atom stereocenters. The fraction of sp³-hybridized carbons (Fsp3) is 0.0270. The SMILES string of the molecule is Cn1c2ccc(-c3ccccc3)cc2c2cc(-n3c4ccccc4c4cc(-c5ccccc5)ccc43)ccc21. The quantitative estimate of drug-likeness (QED) is 0.229. The second-order valence-electron chi connectivity index (χ2n) is 10.3. The molecule has 0 spiro atoms. The van der Waals surface area contributed by atoms with Crippen LogP contribution in [0.3, 0.4) is 0 Å². The standard InChI is InChI=1S/C37H26N2/c1-38-34-19-16-27(25-10-4-2-5-11-25)23-32(34)33-24-29(18-21-35(33)38)39-36-15-9-8-14-30(36)31-22-28(17-20-37(31)39)26-12-6-3-7-13-26/h2-24H,1H3. The molecule has 0 aliphatic carbocycles. The van der Waals surface area contributed by atoms with Gasteiger partial charge in [0.25, 0.3) is 0 Å². The molecule has 0 amide bonds. The Kier molecular flexibility index (Phi) is 4.77. The Morgan fingerprint density at radius 3 is 1.51 bits per heavy atom. The van der Waals surface area contributed by atoms with Gasteiger partial charge in [0.1, 0.15) is 0 Å². The summed E-state index contributed by atoms with van der Waals surface area (Å²) in [6, 6.07) is 50.6. The van der Waals surface area contributed by atoms with Crippen molar-refractivity contribution in [3.05, 3.63) is 140 Å². The summed E-state index contributed by atoms with van der Waals surface area (Å²) in [5, 5.41) is 5.10. The molecule has 0 unspecified atom stereocenters. The Balaban J connectivity index is 1.38. The molecule has 0 aliphatic rings. The van der Waals surface area contributed by atoms with Crippen molar-refractivity contribution in [2.45, 2.75) is 0 Å². The van der Waals surface area contributed by atoms with Crippen molar-refractivity contribution in [2.24, 2.45) is 7.05 Å². The summed E-state index contributed by atoms with van der Waals surface area (Å²) < 4.78 is 4.72. The molecule has 8 rings (SSSR count). The van der Waals surface area contributed by atoms with Gasteiger partial charge in [0.15, 0.2) is 0 Å². The largest absolute Gasteiger partial charge is 0.344 e. The van der Waals surface area contributed by atoms with Gasteiger partial charge in [-0.15, -0.1) is 0 Å². The zero-order valence-electron chi connectivity index (χ0n) is 21.7. The van der Waals surface area contributed by atoms with E-state index in [9.17, 15) is 0 Å². The number of hydrogen-bond donors (Lipinski definition) is 0. The van der Waals surface area contributed by atoms with Gasteiger partial charge in [-0.3, -0.25) is 0 Å². The summed E-state index contributed by atoms with van der Waals surface area (Å²) >= 11 is 0. The highest BCUT2D eigenvalue weighted by molar-refractivity contribution is 6.12. The van der Waals surface area contributed by atoms with E-state index in [4.69, 9.17) is 0 Å². The molecule has 2 nitrogen and oxygen atoms in total. The molecule has 2 heterocycles. The van der Waals surface area contributed by atoms with E-state index in [-0.39, 0.29) is 0 Å². The number of aromatic nitrogens is 2. The smallest absolute Gasteiger partial charge is 0.0541 e. The number of para-hydroxylation sites is 1. The molecular weight excluding hydrogens is 472 g/mol. The zero-order valence-corrected chi connectivity index (χ0v) is 21.7. The Labute approximate surface area is 227 Å². The minimum Gasteiger partial charge on any atom is -0.344 e. The van der Waals surface area contributed by atoms with Crippen LogP contribution in [0, 0.1) is 0 Å². The fourth-order valence-electron chi connectivity index (χ4n) is 6.22. The zero-order chi connectivity index (χ0) is 25.9. The van der Waals surface area contributed by atoms with E-state index >= 15 is 0 Å². The Morgan fingerprint density at radius 2 is 0.846 bits per heavy atom. The molecule has 0 fully saturated rings. The molecule has 0 bridgehead atoms. The average Bonchev–Trinajstić information content (AvgIpc) is 3.49. The molecule has 39 heavy (non-hydrogen) atoms. The van der Waals surface area contributed by atoms with Crippen molar-refractivity contribution in [2.75, 3.05) is 0 Å². The Morgan fingerprint density at radius 1 is 0.359 bits per heavy atom. The van der Waals surface area contributed by atoms with E-state index in [0.29, 0.717) is 0 Å². The van der Waals surface area contributed by atoms with Crippen LogP contribution in [0.5, 0.6) is 0 Å². The van der Waals surface area contributed by atoms with Crippen molar-refractivity contribution in [3.63, 3.8) is 0 Å². The lowest BCUT2D eigenvalue weighted by Gasteiger charge is -2.09. The molecule has 0 aliphatic heterocycles. The van der Waals surface area contributed by atoms with Gasteiger partial charge in [-0.2, -0.15) is 0 Å². The predicted molar refractivity (Wildman–Crippen MR) is 166 cm³/mol. The molecular formula is C37H26N2. The lowest BCUT2D eigenvalue weighted by atomic mass is 10.0. The Hall–Kier alpha value is -5.08. The van der Waals surface area contributed by atoms with Gasteiger partial charge in [-0.1, -0.05) is 91.0 Å². The average molecular weight is 499 g/mol. The number of benzene rings is 6. The maximum atomic E-state index is 2.42. The van der Waals surface area contributed by atoms with Crippen LogP contribution in [0.25, 0.3) is 71.6 Å². The van der Waals surface area contributed by atoms with Crippen LogP contribution in [0.2, 0.25) is 0 Å². The van der Waals surface area contributed by atoms with Crippen molar-refractivity contribution in [1.82, 2.24) is 9.13 Å². The van der Waals surface area contributed by atoms with E-state index in [2.05, 4.69) is 156 Å². The topological polar surface area (TPSA) is 9.86 Å². The maximum absolute atomic E-state index is 2.42. The van der Waals surface area contributed by atoms with Gasteiger partial charge in [-0.25, -0.2) is 0 Å². The number of rotatable bonds is 3. The van der Waals surface area contributed by atoms with Crippen molar-refractivity contribution in [1.29, 1.82) is 0 Å². The van der Waals surface area contributed by atoms with Crippen LogP contribution in [0.1, 0.15) is 0 Å². The first-order valence-electron chi connectivity index (χ1n) is 13.4. The Bertz CT molecular complexity index is 2160. The van der Waals surface area contributed by atoms with Crippen molar-refractivity contribution in [3.8, 4) is 27.9 Å². The molecule has 6 aromatic carbocycles. The van der Waals surface area contributed by atoms with E-state index < -0.39 is 0 Å². The second kappa shape index (κ2) is 8.47. The second-order valence-corrected chi connectivity index (χ2v) is 10.3. The summed E-state index contributed by atoms with van der Waals surface area (Å²) in [6.45, 7) is 0. The minimum absolute atomic E-state index is 1.18. The van der Waals surface area contributed by atoms with Gasteiger partial charge in [0, 0.05) is 45.3 Å². The number of fused-ring (bicyclic) bond motifs is 6. The third kappa shape index (κ3) is 3.35. The summed E-state index contributed by atoms with van der Waals surface area (Å²) in [7, 11) is 2.16. The molecule has 0 N–H and O–H groups in total. The third-order valence-corrected chi connectivity index (χ3v) is 8.13. The normalized spacial score (nSPS) is 11.7. The highest BCUT2D eigenvalue weighted by Gasteiger charge is 2.16. The fourth-order valence-corrected chi connectivity index (χ4v) is 6.22. The molecule has 2 heteroatoms. The van der Waals surface area contributed by atoms with Crippen LogP contribution in [0.4, 0.5) is 0 Å². The molecule has 8 aromatic rings. The van der Waals surface area contributed by atoms with E-state index in [1.165, 1.54) is 71.6 Å². The lowest BCUT2D eigenvalue weighted by molar-refractivity contribution is 1.01. The number of hydrogen-bond acceptors (Lipinski definition) is 0. The highest BCUT2D eigenvalue weighted by Crippen LogP contribution is 2.37. The third-order valence-electron chi connectivity index (χ3n) is 8.13. The first-order valence-corrected chi connectivity index (χ1v) is 13.4. The van der Waals surface area contributed by atoms with Crippen LogP contribution >= 0.6 is 0 Å². The van der Waals surface area contributed by atoms with E-state index in [0.717, 1.165) is 0 Å². The minimum atomic E-state index is 1.18. The highest BCUT2D eigenvalue weighted by atomic mass is 15.0. The van der Waals surface area contributed by atoms with Gasteiger partial charge in [0.05, 0.1) is 11.0 Å². The molecule has 0 saturated heterocycles. The first kappa shape index (κ1) is 22.0. The summed E-state index contributed by atoms with van der Waals surface area (Å²) in [5.74, 6) is 0. The monoisotopic (exact) mass is 498 g/mol. The van der Waals surface area contributed by atoms with Gasteiger partial charge in [-0.05, 0) is 70.8 Å². The van der Waals surface area contributed by atoms with Crippen LogP contribution < -0.4 is 0 Å². The number of nitrogens with zero attached hydrogens (tertiary/aromatic N) is 2.